The molecule has 0 unspecified atom stereocenters. The third kappa shape index (κ3) is 3.92. The highest BCUT2D eigenvalue weighted by molar-refractivity contribution is 7.92. The molecule has 3 N–H and O–H groups in total. The van der Waals surface area contributed by atoms with Crippen molar-refractivity contribution in [2.75, 3.05) is 23.6 Å². The van der Waals surface area contributed by atoms with Gasteiger partial charge in [0.05, 0.1) is 16.6 Å². The first kappa shape index (κ1) is 17.4. The van der Waals surface area contributed by atoms with E-state index in [1.54, 1.807) is 0 Å². The number of nitrogen functional groups attached to an aromatic ring is 1. The van der Waals surface area contributed by atoms with Crippen LogP contribution in [0.15, 0.2) is 12.1 Å². The van der Waals surface area contributed by atoms with Crippen LogP contribution in [0, 0.1) is 0 Å². The number of nitrogens with two attached hydrogens (primary N) is 1. The fourth-order valence-corrected chi connectivity index (χ4v) is 2.37. The van der Waals surface area contributed by atoms with Crippen LogP contribution in [0.4, 0.5) is 11.4 Å². The number of carbonyl (C=O) groups excluding carboxylic acids is 1. The summed E-state index contributed by atoms with van der Waals surface area (Å²) < 4.78 is 33.6. The van der Waals surface area contributed by atoms with E-state index in [4.69, 9.17) is 15.2 Å². The van der Waals surface area contributed by atoms with Gasteiger partial charge in [-0.2, -0.15) is 0 Å². The highest BCUT2D eigenvalue weighted by Gasteiger charge is 2.22. The Kier molecular flexibility index (Phi) is 5.30. The van der Waals surface area contributed by atoms with E-state index in [2.05, 4.69) is 5.32 Å². The van der Waals surface area contributed by atoms with Crippen LogP contribution in [-0.2, 0) is 14.6 Å². The van der Waals surface area contributed by atoms with E-state index in [0.29, 0.717) is 17.2 Å². The van der Waals surface area contributed by atoms with Crippen LogP contribution in [0.3, 0.4) is 0 Å². The van der Waals surface area contributed by atoms with Gasteiger partial charge in [-0.1, -0.05) is 0 Å². The highest BCUT2D eigenvalue weighted by atomic mass is 35.5. The Labute approximate surface area is 129 Å². The van der Waals surface area contributed by atoms with E-state index in [-0.39, 0.29) is 24.9 Å². The molecule has 1 aliphatic rings. The third-order valence-corrected chi connectivity index (χ3v) is 4.97. The molecular formula is C12H17ClN2O5S. The van der Waals surface area contributed by atoms with Crippen molar-refractivity contribution >= 4 is 39.5 Å². The van der Waals surface area contributed by atoms with Crippen molar-refractivity contribution in [3.05, 3.63) is 12.1 Å². The molecule has 9 heteroatoms. The summed E-state index contributed by atoms with van der Waals surface area (Å²) >= 11 is 0. The van der Waals surface area contributed by atoms with Gasteiger partial charge in [-0.3, -0.25) is 4.79 Å². The van der Waals surface area contributed by atoms with E-state index in [1.807, 2.05) is 0 Å². The van der Waals surface area contributed by atoms with Crippen molar-refractivity contribution in [1.82, 2.24) is 0 Å². The molecule has 1 amide bonds. The lowest BCUT2D eigenvalue weighted by Gasteiger charge is -2.11. The minimum Gasteiger partial charge on any atom is -0.454 e. The molecule has 21 heavy (non-hydrogen) atoms. The summed E-state index contributed by atoms with van der Waals surface area (Å²) in [5.74, 6) is -0.265. The van der Waals surface area contributed by atoms with Crippen LogP contribution in [0.25, 0.3) is 0 Å². The summed E-state index contributed by atoms with van der Waals surface area (Å²) in [6.45, 7) is 3.14. The zero-order valence-corrected chi connectivity index (χ0v) is 13.2. The molecule has 0 saturated carbocycles. The monoisotopic (exact) mass is 336 g/mol. The Morgan fingerprint density at radius 2 is 1.90 bits per heavy atom. The summed E-state index contributed by atoms with van der Waals surface area (Å²) in [4.78, 5) is 11.8. The normalized spacial score (nSPS) is 12.9. The number of halogens is 1. The Morgan fingerprint density at radius 1 is 1.33 bits per heavy atom. The molecule has 0 atom stereocenters. The van der Waals surface area contributed by atoms with E-state index < -0.39 is 26.7 Å². The summed E-state index contributed by atoms with van der Waals surface area (Å²) in [5, 5.41) is 1.86. The maximum atomic E-state index is 11.8. The largest absolute Gasteiger partial charge is 0.454 e. The molecule has 1 aliphatic heterocycles. The molecule has 0 spiro atoms. The maximum Gasteiger partial charge on any atom is 0.239 e. The van der Waals surface area contributed by atoms with Gasteiger partial charge in [-0.15, -0.1) is 12.4 Å². The zero-order chi connectivity index (χ0) is 14.9. The second-order valence-corrected chi connectivity index (χ2v) is 7.25. The molecule has 1 aromatic carbocycles. The molecule has 1 aromatic rings. The Balaban J connectivity index is 0.00000220. The van der Waals surface area contributed by atoms with Gasteiger partial charge in [0.15, 0.2) is 21.3 Å². The number of carbonyl (C=O) groups is 1. The van der Waals surface area contributed by atoms with Crippen LogP contribution >= 0.6 is 12.4 Å². The number of sulfone groups is 1. The van der Waals surface area contributed by atoms with Crippen LogP contribution in [-0.4, -0.2) is 32.1 Å². The molecule has 0 saturated heterocycles. The van der Waals surface area contributed by atoms with Crippen molar-refractivity contribution in [2.45, 2.75) is 19.1 Å². The number of benzene rings is 1. The van der Waals surface area contributed by atoms with Gasteiger partial charge >= 0.3 is 0 Å². The Bertz CT molecular complexity index is 645. The standard InChI is InChI=1S/C12H16N2O5S.ClH/c1-7(2)20(16,17)5-12(15)14-9-4-11-10(3-8(9)13)18-6-19-11;/h3-4,7H,5-6,13H2,1-2H3,(H,14,15);1H. The van der Waals surface area contributed by atoms with Gasteiger partial charge in [0, 0.05) is 12.1 Å². The van der Waals surface area contributed by atoms with Gasteiger partial charge in [0.25, 0.3) is 0 Å². The fraction of sp³-hybridized carbons (Fsp3) is 0.417. The topological polar surface area (TPSA) is 108 Å². The SMILES string of the molecule is CC(C)S(=O)(=O)CC(=O)Nc1cc2c(cc1N)OCO2.Cl. The lowest BCUT2D eigenvalue weighted by Crippen LogP contribution is -2.28. The first-order valence-corrected chi connectivity index (χ1v) is 7.71. The average Bonchev–Trinajstić information content (AvgIpc) is 2.75. The molecule has 0 radical (unpaired) electrons. The molecule has 0 aliphatic carbocycles. The maximum absolute atomic E-state index is 11.8. The first-order chi connectivity index (χ1) is 9.29. The van der Waals surface area contributed by atoms with Crippen molar-refractivity contribution in [2.24, 2.45) is 0 Å². The average molecular weight is 337 g/mol. The summed E-state index contributed by atoms with van der Waals surface area (Å²) in [6, 6.07) is 3.03. The van der Waals surface area contributed by atoms with Gasteiger partial charge < -0.3 is 20.5 Å². The van der Waals surface area contributed by atoms with Crippen LogP contribution in [0.2, 0.25) is 0 Å². The number of hydrogen-bond acceptors (Lipinski definition) is 6. The molecule has 0 aromatic heterocycles. The molecular weight excluding hydrogens is 320 g/mol. The lowest BCUT2D eigenvalue weighted by atomic mass is 10.2. The van der Waals surface area contributed by atoms with Crippen molar-refractivity contribution < 1.29 is 22.7 Å². The van der Waals surface area contributed by atoms with Crippen LogP contribution in [0.5, 0.6) is 11.5 Å². The number of hydrogen-bond donors (Lipinski definition) is 2. The first-order valence-electron chi connectivity index (χ1n) is 6.00. The molecule has 0 fully saturated rings. The van der Waals surface area contributed by atoms with Gasteiger partial charge in [0.2, 0.25) is 12.7 Å². The van der Waals surface area contributed by atoms with E-state index in [1.165, 1.54) is 26.0 Å². The Morgan fingerprint density at radius 3 is 2.48 bits per heavy atom. The quantitative estimate of drug-likeness (QED) is 0.799. The third-order valence-electron chi connectivity index (χ3n) is 2.87. The summed E-state index contributed by atoms with van der Waals surface area (Å²) in [7, 11) is -3.45. The number of anilines is 2. The molecule has 118 valence electrons. The minimum absolute atomic E-state index is 0. The lowest BCUT2D eigenvalue weighted by molar-refractivity contribution is -0.113. The number of rotatable bonds is 4. The minimum atomic E-state index is -3.45. The van der Waals surface area contributed by atoms with Crippen LogP contribution < -0.4 is 20.5 Å². The van der Waals surface area contributed by atoms with E-state index in [0.717, 1.165) is 0 Å². The fourth-order valence-electron chi connectivity index (χ4n) is 1.60. The van der Waals surface area contributed by atoms with Crippen molar-refractivity contribution in [3.63, 3.8) is 0 Å². The predicted molar refractivity (Wildman–Crippen MR) is 81.8 cm³/mol. The van der Waals surface area contributed by atoms with Gasteiger partial charge in [-0.25, -0.2) is 8.42 Å². The van der Waals surface area contributed by atoms with Crippen molar-refractivity contribution in [3.8, 4) is 11.5 Å². The number of amides is 1. The van der Waals surface area contributed by atoms with Gasteiger partial charge in [0.1, 0.15) is 5.75 Å². The molecule has 0 bridgehead atoms. The second-order valence-electron chi connectivity index (χ2n) is 4.70. The number of fused-ring (bicyclic) bond motifs is 1. The molecule has 7 nitrogen and oxygen atoms in total. The summed E-state index contributed by atoms with van der Waals surface area (Å²) in [5.41, 5.74) is 6.35. The number of ether oxygens (including phenoxy) is 2. The predicted octanol–water partition coefficient (Wildman–Crippen LogP) is 1.18. The second kappa shape index (κ2) is 6.40. The summed E-state index contributed by atoms with van der Waals surface area (Å²) in [6.07, 6.45) is 0. The van der Waals surface area contributed by atoms with E-state index in [9.17, 15) is 13.2 Å². The highest BCUT2D eigenvalue weighted by Crippen LogP contribution is 2.38. The molecule has 1 heterocycles. The number of nitrogens with one attached hydrogen (secondary N) is 1. The zero-order valence-electron chi connectivity index (χ0n) is 11.6. The Hall–Kier alpha value is -1.67. The van der Waals surface area contributed by atoms with E-state index >= 15 is 0 Å². The van der Waals surface area contributed by atoms with Crippen LogP contribution in [0.1, 0.15) is 13.8 Å². The van der Waals surface area contributed by atoms with Gasteiger partial charge in [-0.05, 0) is 13.8 Å². The molecule has 2 rings (SSSR count). The smallest absolute Gasteiger partial charge is 0.239 e. The van der Waals surface area contributed by atoms with Crippen molar-refractivity contribution in [1.29, 1.82) is 0 Å².